The molecule has 11 heavy (non-hydrogen) atoms. The van der Waals surface area contributed by atoms with Crippen LogP contribution >= 0.6 is 15.9 Å². The van der Waals surface area contributed by atoms with Crippen LogP contribution in [0, 0.1) is 6.92 Å². The van der Waals surface area contributed by atoms with Gasteiger partial charge in [0.1, 0.15) is 0 Å². The lowest BCUT2D eigenvalue weighted by Gasteiger charge is -2.11. The molecule has 0 bridgehead atoms. The average molecular weight is 214 g/mol. The number of hydrogen-bond acceptors (Lipinski definition) is 1. The second-order valence-corrected chi connectivity index (χ2v) is 3.61. The van der Waals surface area contributed by atoms with Crippen molar-refractivity contribution in [2.24, 2.45) is 5.73 Å². The SMILES string of the molecule is Cc1cccc(Br)c1C(C)N. The topological polar surface area (TPSA) is 26.0 Å². The lowest BCUT2D eigenvalue weighted by atomic mass is 10.0. The molecule has 1 aromatic carbocycles. The molecule has 0 spiro atoms. The van der Waals surface area contributed by atoms with Gasteiger partial charge in [0.2, 0.25) is 0 Å². The quantitative estimate of drug-likeness (QED) is 0.764. The Morgan fingerprint density at radius 2 is 2.09 bits per heavy atom. The molecule has 1 rings (SSSR count). The first-order valence-corrected chi connectivity index (χ1v) is 4.43. The Morgan fingerprint density at radius 3 is 2.45 bits per heavy atom. The summed E-state index contributed by atoms with van der Waals surface area (Å²) in [7, 11) is 0. The number of hydrogen-bond donors (Lipinski definition) is 1. The highest BCUT2D eigenvalue weighted by atomic mass is 79.9. The van der Waals surface area contributed by atoms with Crippen molar-refractivity contribution in [2.45, 2.75) is 19.9 Å². The van der Waals surface area contributed by atoms with E-state index in [1.54, 1.807) is 0 Å². The van der Waals surface area contributed by atoms with E-state index in [0.29, 0.717) is 0 Å². The van der Waals surface area contributed by atoms with Crippen molar-refractivity contribution in [3.05, 3.63) is 33.8 Å². The molecule has 0 aliphatic rings. The van der Waals surface area contributed by atoms with Gasteiger partial charge in [-0.1, -0.05) is 28.1 Å². The summed E-state index contributed by atoms with van der Waals surface area (Å²) in [6, 6.07) is 6.21. The van der Waals surface area contributed by atoms with E-state index in [9.17, 15) is 0 Å². The number of halogens is 1. The van der Waals surface area contributed by atoms with Gasteiger partial charge >= 0.3 is 0 Å². The minimum atomic E-state index is 0.102. The molecule has 1 aromatic rings. The van der Waals surface area contributed by atoms with Crippen LogP contribution in [0.25, 0.3) is 0 Å². The first kappa shape index (κ1) is 8.75. The third-order valence-electron chi connectivity index (χ3n) is 1.73. The van der Waals surface area contributed by atoms with Gasteiger partial charge in [-0.3, -0.25) is 0 Å². The Kier molecular flexibility index (Phi) is 2.68. The molecule has 0 radical (unpaired) electrons. The van der Waals surface area contributed by atoms with E-state index in [-0.39, 0.29) is 6.04 Å². The van der Waals surface area contributed by atoms with Crippen molar-refractivity contribution < 1.29 is 0 Å². The van der Waals surface area contributed by atoms with Crippen molar-refractivity contribution in [3.8, 4) is 0 Å². The Hall–Kier alpha value is -0.340. The molecule has 0 amide bonds. The molecular formula is C9H12BrN. The number of rotatable bonds is 1. The van der Waals surface area contributed by atoms with Gasteiger partial charge in [0, 0.05) is 10.5 Å². The van der Waals surface area contributed by atoms with Crippen LogP contribution in [0.5, 0.6) is 0 Å². The number of benzene rings is 1. The van der Waals surface area contributed by atoms with Gasteiger partial charge in [-0.2, -0.15) is 0 Å². The van der Waals surface area contributed by atoms with Gasteiger partial charge in [0.05, 0.1) is 0 Å². The summed E-state index contributed by atoms with van der Waals surface area (Å²) in [4.78, 5) is 0. The van der Waals surface area contributed by atoms with Crippen LogP contribution in [0.3, 0.4) is 0 Å². The van der Waals surface area contributed by atoms with Gasteiger partial charge in [0.15, 0.2) is 0 Å². The summed E-state index contributed by atoms with van der Waals surface area (Å²) < 4.78 is 1.10. The molecule has 0 aliphatic carbocycles. The van der Waals surface area contributed by atoms with Gasteiger partial charge in [-0.25, -0.2) is 0 Å². The highest BCUT2D eigenvalue weighted by Crippen LogP contribution is 2.24. The summed E-state index contributed by atoms with van der Waals surface area (Å²) in [5, 5.41) is 0. The molecule has 0 fully saturated rings. The van der Waals surface area contributed by atoms with Gasteiger partial charge in [0.25, 0.3) is 0 Å². The summed E-state index contributed by atoms with van der Waals surface area (Å²) in [5.41, 5.74) is 8.23. The minimum absolute atomic E-state index is 0.102. The first-order valence-electron chi connectivity index (χ1n) is 3.63. The molecule has 1 nitrogen and oxygen atoms in total. The standard InChI is InChI=1S/C9H12BrN/c1-6-4-3-5-8(10)9(6)7(2)11/h3-5,7H,11H2,1-2H3. The van der Waals surface area contributed by atoms with E-state index >= 15 is 0 Å². The molecule has 1 atom stereocenters. The molecule has 2 heteroatoms. The van der Waals surface area contributed by atoms with Crippen molar-refractivity contribution in [3.63, 3.8) is 0 Å². The van der Waals surface area contributed by atoms with Crippen LogP contribution in [0.1, 0.15) is 24.1 Å². The van der Waals surface area contributed by atoms with Crippen LogP contribution in [-0.4, -0.2) is 0 Å². The fourth-order valence-electron chi connectivity index (χ4n) is 1.22. The summed E-state index contributed by atoms with van der Waals surface area (Å²) >= 11 is 3.47. The van der Waals surface area contributed by atoms with Crippen LogP contribution in [0.15, 0.2) is 22.7 Å². The molecular weight excluding hydrogens is 202 g/mol. The summed E-state index contributed by atoms with van der Waals surface area (Å²) in [6.45, 7) is 4.07. The van der Waals surface area contributed by atoms with Gasteiger partial charge in [-0.05, 0) is 31.0 Å². The summed E-state index contributed by atoms with van der Waals surface area (Å²) in [5.74, 6) is 0. The van der Waals surface area contributed by atoms with E-state index in [1.165, 1.54) is 11.1 Å². The number of aryl methyl sites for hydroxylation is 1. The average Bonchev–Trinajstić information content (AvgIpc) is 1.85. The van der Waals surface area contributed by atoms with Crippen LogP contribution < -0.4 is 5.73 Å². The zero-order valence-electron chi connectivity index (χ0n) is 6.76. The molecule has 0 saturated heterocycles. The molecule has 2 N–H and O–H groups in total. The fraction of sp³-hybridized carbons (Fsp3) is 0.333. The Labute approximate surface area is 75.7 Å². The van der Waals surface area contributed by atoms with Gasteiger partial charge < -0.3 is 5.73 Å². The Bertz CT molecular complexity index is 235. The lowest BCUT2D eigenvalue weighted by molar-refractivity contribution is 0.805. The third-order valence-corrected chi connectivity index (χ3v) is 2.42. The highest BCUT2D eigenvalue weighted by Gasteiger charge is 2.06. The molecule has 60 valence electrons. The molecule has 0 aliphatic heterocycles. The Balaban J connectivity index is 3.21. The smallest absolute Gasteiger partial charge is 0.0279 e. The second kappa shape index (κ2) is 3.37. The monoisotopic (exact) mass is 213 g/mol. The van der Waals surface area contributed by atoms with E-state index in [1.807, 2.05) is 19.1 Å². The predicted molar refractivity (Wildman–Crippen MR) is 51.5 cm³/mol. The van der Waals surface area contributed by atoms with E-state index in [0.717, 1.165) is 4.47 Å². The fourth-order valence-corrected chi connectivity index (χ4v) is 2.05. The van der Waals surface area contributed by atoms with E-state index in [4.69, 9.17) is 5.73 Å². The number of nitrogens with two attached hydrogens (primary N) is 1. The maximum absolute atomic E-state index is 5.79. The maximum Gasteiger partial charge on any atom is 0.0279 e. The molecule has 0 aromatic heterocycles. The van der Waals surface area contributed by atoms with Crippen molar-refractivity contribution in [2.75, 3.05) is 0 Å². The zero-order valence-corrected chi connectivity index (χ0v) is 8.35. The minimum Gasteiger partial charge on any atom is -0.324 e. The van der Waals surface area contributed by atoms with E-state index in [2.05, 4.69) is 28.9 Å². The van der Waals surface area contributed by atoms with Crippen LogP contribution in [0.2, 0.25) is 0 Å². The maximum atomic E-state index is 5.79. The largest absolute Gasteiger partial charge is 0.324 e. The Morgan fingerprint density at radius 1 is 1.45 bits per heavy atom. The van der Waals surface area contributed by atoms with Crippen LogP contribution in [-0.2, 0) is 0 Å². The second-order valence-electron chi connectivity index (χ2n) is 2.76. The predicted octanol–water partition coefficient (Wildman–Crippen LogP) is 2.78. The van der Waals surface area contributed by atoms with Crippen molar-refractivity contribution >= 4 is 15.9 Å². The molecule has 0 heterocycles. The first-order chi connectivity index (χ1) is 5.13. The molecule has 0 saturated carbocycles. The van der Waals surface area contributed by atoms with Crippen molar-refractivity contribution in [1.82, 2.24) is 0 Å². The van der Waals surface area contributed by atoms with E-state index < -0.39 is 0 Å². The van der Waals surface area contributed by atoms with Gasteiger partial charge in [-0.15, -0.1) is 0 Å². The summed E-state index contributed by atoms with van der Waals surface area (Å²) in [6.07, 6.45) is 0. The lowest BCUT2D eigenvalue weighted by Crippen LogP contribution is -2.07. The highest BCUT2D eigenvalue weighted by molar-refractivity contribution is 9.10. The third kappa shape index (κ3) is 1.82. The van der Waals surface area contributed by atoms with Crippen molar-refractivity contribution in [1.29, 1.82) is 0 Å². The normalized spacial score (nSPS) is 13.1. The van der Waals surface area contributed by atoms with Crippen LogP contribution in [0.4, 0.5) is 0 Å². The zero-order chi connectivity index (χ0) is 8.43. The molecule has 1 unspecified atom stereocenters.